The summed E-state index contributed by atoms with van der Waals surface area (Å²) in [4.78, 5) is 23.7. The molecule has 88 valence electrons. The topological polar surface area (TPSA) is 81.4 Å². The van der Waals surface area contributed by atoms with Gasteiger partial charge in [-0.25, -0.2) is 0 Å². The van der Waals surface area contributed by atoms with Crippen molar-refractivity contribution in [1.29, 1.82) is 0 Å². The summed E-state index contributed by atoms with van der Waals surface area (Å²) in [6.07, 6.45) is 4.66. The van der Waals surface area contributed by atoms with E-state index in [0.29, 0.717) is 25.7 Å². The molecule has 3 fully saturated rings. The van der Waals surface area contributed by atoms with Gasteiger partial charge in [-0.15, -0.1) is 0 Å². The SMILES string of the molecule is NC1(OC(=O)C2(C(=O)NC3CC3)CC2)CC1. The van der Waals surface area contributed by atoms with Crippen molar-refractivity contribution in [2.24, 2.45) is 11.1 Å². The summed E-state index contributed by atoms with van der Waals surface area (Å²) in [6, 6.07) is 0.283. The van der Waals surface area contributed by atoms with E-state index < -0.39 is 17.1 Å². The zero-order chi connectivity index (χ0) is 11.4. The molecule has 3 saturated carbocycles. The molecule has 5 nitrogen and oxygen atoms in total. The maximum Gasteiger partial charge on any atom is 0.323 e. The van der Waals surface area contributed by atoms with Gasteiger partial charge in [-0.1, -0.05) is 0 Å². The van der Waals surface area contributed by atoms with E-state index in [4.69, 9.17) is 10.5 Å². The van der Waals surface area contributed by atoms with Gasteiger partial charge in [-0.3, -0.25) is 15.3 Å². The maximum atomic E-state index is 11.9. The number of nitrogens with one attached hydrogen (secondary N) is 1. The van der Waals surface area contributed by atoms with E-state index in [1.807, 2.05) is 0 Å². The second-order valence-electron chi connectivity index (χ2n) is 5.28. The lowest BCUT2D eigenvalue weighted by atomic mass is 10.1. The van der Waals surface area contributed by atoms with Crippen molar-refractivity contribution in [1.82, 2.24) is 5.32 Å². The van der Waals surface area contributed by atoms with Gasteiger partial charge in [0.1, 0.15) is 5.41 Å². The highest BCUT2D eigenvalue weighted by atomic mass is 16.6. The van der Waals surface area contributed by atoms with E-state index in [1.165, 1.54) is 0 Å². The van der Waals surface area contributed by atoms with Crippen LogP contribution >= 0.6 is 0 Å². The van der Waals surface area contributed by atoms with Crippen LogP contribution in [-0.2, 0) is 14.3 Å². The third-order valence-corrected chi connectivity index (χ3v) is 3.53. The number of hydrogen-bond acceptors (Lipinski definition) is 4. The molecule has 0 radical (unpaired) electrons. The molecule has 1 amide bonds. The lowest BCUT2D eigenvalue weighted by Gasteiger charge is -2.17. The standard InChI is InChI=1S/C11H16N2O3/c12-11(5-6-11)16-9(15)10(3-4-10)8(14)13-7-1-2-7/h7H,1-6,12H2,(H,13,14). The van der Waals surface area contributed by atoms with Crippen molar-refractivity contribution in [3.63, 3.8) is 0 Å². The van der Waals surface area contributed by atoms with Crippen LogP contribution in [0.5, 0.6) is 0 Å². The zero-order valence-electron chi connectivity index (χ0n) is 9.12. The Balaban J connectivity index is 1.62. The van der Waals surface area contributed by atoms with Gasteiger partial charge in [0.2, 0.25) is 5.91 Å². The smallest absolute Gasteiger partial charge is 0.323 e. The highest BCUT2D eigenvalue weighted by molar-refractivity contribution is 6.06. The van der Waals surface area contributed by atoms with Gasteiger partial charge in [-0.05, 0) is 25.7 Å². The molecule has 0 bridgehead atoms. The Morgan fingerprint density at radius 1 is 1.19 bits per heavy atom. The van der Waals surface area contributed by atoms with Crippen LogP contribution in [0.15, 0.2) is 0 Å². The summed E-state index contributed by atoms with van der Waals surface area (Å²) in [5, 5.41) is 2.86. The minimum atomic E-state index is -0.905. The number of ether oxygens (including phenoxy) is 1. The first-order valence-corrected chi connectivity index (χ1v) is 5.87. The van der Waals surface area contributed by atoms with Crippen molar-refractivity contribution in [2.45, 2.75) is 50.3 Å². The van der Waals surface area contributed by atoms with Crippen LogP contribution in [0.3, 0.4) is 0 Å². The number of rotatable bonds is 4. The summed E-state index contributed by atoms with van der Waals surface area (Å²) in [7, 11) is 0. The summed E-state index contributed by atoms with van der Waals surface area (Å²) in [6.45, 7) is 0. The van der Waals surface area contributed by atoms with E-state index in [0.717, 1.165) is 12.8 Å². The molecule has 0 atom stereocenters. The van der Waals surface area contributed by atoms with Crippen molar-refractivity contribution < 1.29 is 14.3 Å². The molecule has 0 aromatic rings. The Morgan fingerprint density at radius 3 is 2.25 bits per heavy atom. The van der Waals surface area contributed by atoms with Crippen LogP contribution < -0.4 is 11.1 Å². The van der Waals surface area contributed by atoms with E-state index in [2.05, 4.69) is 5.32 Å². The average molecular weight is 224 g/mol. The fourth-order valence-corrected chi connectivity index (χ4v) is 1.71. The van der Waals surface area contributed by atoms with Crippen molar-refractivity contribution >= 4 is 11.9 Å². The lowest BCUT2D eigenvalue weighted by Crippen LogP contribution is -2.42. The van der Waals surface area contributed by atoms with Crippen LogP contribution in [0.4, 0.5) is 0 Å². The summed E-state index contributed by atoms with van der Waals surface area (Å²) >= 11 is 0. The van der Waals surface area contributed by atoms with Crippen molar-refractivity contribution in [3.8, 4) is 0 Å². The molecule has 0 aromatic carbocycles. The summed E-state index contributed by atoms with van der Waals surface area (Å²) in [5.41, 5.74) is 4.03. The molecule has 3 aliphatic carbocycles. The largest absolute Gasteiger partial charge is 0.443 e. The maximum absolute atomic E-state index is 11.9. The van der Waals surface area contributed by atoms with Crippen LogP contribution in [0, 0.1) is 5.41 Å². The second kappa shape index (κ2) is 2.97. The Bertz CT molecular complexity index is 354. The quantitative estimate of drug-likeness (QED) is 0.401. The highest BCUT2D eigenvalue weighted by Gasteiger charge is 2.61. The molecule has 0 heterocycles. The van der Waals surface area contributed by atoms with Gasteiger partial charge in [0, 0.05) is 18.9 Å². The monoisotopic (exact) mass is 224 g/mol. The number of carbonyl (C=O) groups excluding carboxylic acids is 2. The number of nitrogens with two attached hydrogens (primary N) is 1. The van der Waals surface area contributed by atoms with Gasteiger partial charge in [0.05, 0.1) is 0 Å². The van der Waals surface area contributed by atoms with E-state index >= 15 is 0 Å². The predicted octanol–water partition coefficient (Wildman–Crippen LogP) is 0.0372. The third kappa shape index (κ3) is 1.69. The number of carbonyl (C=O) groups is 2. The molecule has 0 unspecified atom stereocenters. The van der Waals surface area contributed by atoms with Crippen LogP contribution in [0.2, 0.25) is 0 Å². The fourth-order valence-electron chi connectivity index (χ4n) is 1.71. The molecular weight excluding hydrogens is 208 g/mol. The fraction of sp³-hybridized carbons (Fsp3) is 0.818. The highest BCUT2D eigenvalue weighted by Crippen LogP contribution is 2.49. The minimum absolute atomic E-state index is 0.163. The van der Waals surface area contributed by atoms with Gasteiger partial charge in [0.25, 0.3) is 0 Å². The van der Waals surface area contributed by atoms with Gasteiger partial charge in [0.15, 0.2) is 5.72 Å². The van der Waals surface area contributed by atoms with E-state index in [9.17, 15) is 9.59 Å². The van der Waals surface area contributed by atoms with Crippen molar-refractivity contribution in [3.05, 3.63) is 0 Å². The molecule has 0 spiro atoms. The summed E-state index contributed by atoms with van der Waals surface area (Å²) in [5.74, 6) is -0.588. The first-order chi connectivity index (χ1) is 7.54. The molecular formula is C11H16N2O3. The Morgan fingerprint density at radius 2 is 1.81 bits per heavy atom. The molecule has 0 aliphatic heterocycles. The molecule has 0 aromatic heterocycles. The summed E-state index contributed by atoms with van der Waals surface area (Å²) < 4.78 is 5.18. The predicted molar refractivity (Wildman–Crippen MR) is 55.1 cm³/mol. The van der Waals surface area contributed by atoms with Crippen molar-refractivity contribution in [2.75, 3.05) is 0 Å². The van der Waals surface area contributed by atoms with Crippen LogP contribution in [0.25, 0.3) is 0 Å². The van der Waals surface area contributed by atoms with Crippen LogP contribution in [0.1, 0.15) is 38.5 Å². The van der Waals surface area contributed by atoms with Gasteiger partial charge in [-0.2, -0.15) is 0 Å². The first-order valence-electron chi connectivity index (χ1n) is 5.87. The van der Waals surface area contributed by atoms with E-state index in [-0.39, 0.29) is 11.9 Å². The Hall–Kier alpha value is -1.10. The zero-order valence-corrected chi connectivity index (χ0v) is 9.12. The lowest BCUT2D eigenvalue weighted by molar-refractivity contribution is -0.161. The molecule has 3 rings (SSSR count). The van der Waals surface area contributed by atoms with Crippen LogP contribution in [-0.4, -0.2) is 23.6 Å². The Kier molecular flexibility index (Phi) is 1.87. The number of esters is 1. The number of amides is 1. The Labute approximate surface area is 93.7 Å². The molecule has 3 N–H and O–H groups in total. The number of hydrogen-bond donors (Lipinski definition) is 2. The molecule has 0 saturated heterocycles. The van der Waals surface area contributed by atoms with E-state index in [1.54, 1.807) is 0 Å². The molecule has 3 aliphatic rings. The van der Waals surface area contributed by atoms with Gasteiger partial charge >= 0.3 is 5.97 Å². The molecule has 5 heteroatoms. The average Bonchev–Trinajstić information content (AvgIpc) is 3.06. The first kappa shape index (κ1) is 10.1. The normalized spacial score (nSPS) is 28.1. The molecule has 16 heavy (non-hydrogen) atoms. The minimum Gasteiger partial charge on any atom is -0.443 e. The second-order valence-corrected chi connectivity index (χ2v) is 5.28. The van der Waals surface area contributed by atoms with Gasteiger partial charge < -0.3 is 10.1 Å². The third-order valence-electron chi connectivity index (χ3n) is 3.53.